The van der Waals surface area contributed by atoms with Gasteiger partial charge in [0.25, 0.3) is 0 Å². The van der Waals surface area contributed by atoms with E-state index in [1.54, 1.807) is 6.07 Å². The zero-order valence-electron chi connectivity index (χ0n) is 12.4. The maximum absolute atomic E-state index is 13.0. The molecule has 0 unspecified atom stereocenters. The Balaban J connectivity index is 1.85. The van der Waals surface area contributed by atoms with Gasteiger partial charge in [0.15, 0.2) is 5.11 Å². The number of hydrogen-bond donors (Lipinski definition) is 1. The highest BCUT2D eigenvalue weighted by Crippen LogP contribution is 2.19. The van der Waals surface area contributed by atoms with Crippen LogP contribution in [0.4, 0.5) is 4.39 Å². The maximum atomic E-state index is 13.0. The van der Waals surface area contributed by atoms with Crippen LogP contribution in [-0.2, 0) is 6.54 Å². The lowest BCUT2D eigenvalue weighted by atomic mass is 10.2. The summed E-state index contributed by atoms with van der Waals surface area (Å²) in [5.74, 6) is -0.293. The summed E-state index contributed by atoms with van der Waals surface area (Å²) in [5.41, 5.74) is 0.967. The van der Waals surface area contributed by atoms with Gasteiger partial charge in [0.1, 0.15) is 5.82 Å². The van der Waals surface area contributed by atoms with Crippen LogP contribution in [0.5, 0.6) is 0 Å². The van der Waals surface area contributed by atoms with Gasteiger partial charge in [-0.1, -0.05) is 17.7 Å². The lowest BCUT2D eigenvalue weighted by Crippen LogP contribution is -2.52. The van der Waals surface area contributed by atoms with Gasteiger partial charge in [-0.3, -0.25) is 4.90 Å². The second kappa shape index (κ2) is 7.38. The molecule has 0 spiro atoms. The van der Waals surface area contributed by atoms with Crippen molar-refractivity contribution in [1.29, 1.82) is 0 Å². The fourth-order valence-electron chi connectivity index (χ4n) is 2.34. The van der Waals surface area contributed by atoms with Crippen LogP contribution in [0, 0.1) is 5.82 Å². The van der Waals surface area contributed by atoms with E-state index in [1.807, 2.05) is 0 Å². The van der Waals surface area contributed by atoms with Gasteiger partial charge in [-0.15, -0.1) is 0 Å². The first-order chi connectivity index (χ1) is 9.95. The number of nitrogens with one attached hydrogen (secondary N) is 1. The van der Waals surface area contributed by atoms with Crippen LogP contribution >= 0.6 is 23.8 Å². The van der Waals surface area contributed by atoms with Gasteiger partial charge in [0.05, 0.1) is 0 Å². The Hall–Kier alpha value is -0.910. The van der Waals surface area contributed by atoms with Crippen molar-refractivity contribution in [1.82, 2.24) is 15.1 Å². The molecule has 1 saturated heterocycles. The molecule has 116 valence electrons. The first kappa shape index (κ1) is 16.5. The third-order valence-corrected chi connectivity index (χ3v) is 4.21. The largest absolute Gasteiger partial charge is 0.360 e. The lowest BCUT2D eigenvalue weighted by molar-refractivity contribution is 0.174. The van der Waals surface area contributed by atoms with Gasteiger partial charge < -0.3 is 10.2 Å². The Bertz CT molecular complexity index is 502. The van der Waals surface area contributed by atoms with Crippen molar-refractivity contribution >= 4 is 28.9 Å². The minimum atomic E-state index is -0.293. The van der Waals surface area contributed by atoms with Crippen molar-refractivity contribution in [2.75, 3.05) is 26.2 Å². The zero-order valence-corrected chi connectivity index (χ0v) is 14.0. The van der Waals surface area contributed by atoms with Crippen LogP contribution in [0.1, 0.15) is 19.4 Å². The van der Waals surface area contributed by atoms with Gasteiger partial charge in [0.2, 0.25) is 0 Å². The van der Waals surface area contributed by atoms with Crippen molar-refractivity contribution in [2.24, 2.45) is 0 Å². The van der Waals surface area contributed by atoms with Gasteiger partial charge in [-0.2, -0.15) is 0 Å². The topological polar surface area (TPSA) is 18.5 Å². The molecule has 0 aromatic heterocycles. The highest BCUT2D eigenvalue weighted by Gasteiger charge is 2.19. The van der Waals surface area contributed by atoms with Crippen molar-refractivity contribution < 1.29 is 4.39 Å². The molecular formula is C15H21ClFN3S. The molecule has 1 heterocycles. The molecule has 0 saturated carbocycles. The first-order valence-corrected chi connectivity index (χ1v) is 7.96. The number of benzene rings is 1. The van der Waals surface area contributed by atoms with Gasteiger partial charge in [-0.05, 0) is 43.8 Å². The SMILES string of the molecule is CC(C)NC(=S)N1CCN(Cc2ccc(F)cc2Cl)CC1. The molecule has 1 aliphatic heterocycles. The molecule has 6 heteroatoms. The third kappa shape index (κ3) is 4.80. The molecule has 1 aromatic carbocycles. The van der Waals surface area contributed by atoms with E-state index in [0.717, 1.165) is 43.4 Å². The standard InChI is InChI=1S/C15H21ClFN3S/c1-11(2)18-15(21)20-7-5-19(6-8-20)10-12-3-4-13(17)9-14(12)16/h3-4,9,11H,5-8,10H2,1-2H3,(H,18,21). The average molecular weight is 330 g/mol. The van der Waals surface area contributed by atoms with E-state index in [0.29, 0.717) is 11.1 Å². The molecule has 0 atom stereocenters. The Morgan fingerprint density at radius 1 is 1.33 bits per heavy atom. The predicted octanol–water partition coefficient (Wildman–Crippen LogP) is 2.88. The highest BCUT2D eigenvalue weighted by atomic mass is 35.5. The number of thiocarbonyl (C=S) groups is 1. The van der Waals surface area contributed by atoms with Gasteiger partial charge in [-0.25, -0.2) is 4.39 Å². The molecule has 0 aliphatic carbocycles. The summed E-state index contributed by atoms with van der Waals surface area (Å²) < 4.78 is 13.0. The summed E-state index contributed by atoms with van der Waals surface area (Å²) in [7, 11) is 0. The van der Waals surface area contributed by atoms with E-state index in [1.165, 1.54) is 12.1 Å². The number of rotatable bonds is 3. The molecule has 0 amide bonds. The van der Waals surface area contributed by atoms with E-state index in [9.17, 15) is 4.39 Å². The quantitative estimate of drug-likeness (QED) is 0.859. The van der Waals surface area contributed by atoms with Gasteiger partial charge in [0, 0.05) is 43.8 Å². The van der Waals surface area contributed by atoms with E-state index in [-0.39, 0.29) is 5.82 Å². The summed E-state index contributed by atoms with van der Waals surface area (Å²) in [5, 5.41) is 4.59. The molecule has 2 rings (SSSR count). The molecule has 0 bridgehead atoms. The summed E-state index contributed by atoms with van der Waals surface area (Å²) >= 11 is 11.5. The number of piperazine rings is 1. The molecule has 0 radical (unpaired) electrons. The summed E-state index contributed by atoms with van der Waals surface area (Å²) in [6.07, 6.45) is 0. The second-order valence-corrected chi connectivity index (χ2v) is 6.40. The second-order valence-electron chi connectivity index (χ2n) is 5.60. The lowest BCUT2D eigenvalue weighted by Gasteiger charge is -2.36. The van der Waals surface area contributed by atoms with Crippen LogP contribution < -0.4 is 5.32 Å². The zero-order chi connectivity index (χ0) is 15.4. The number of nitrogens with zero attached hydrogens (tertiary/aromatic N) is 2. The van der Waals surface area contributed by atoms with Crippen LogP contribution in [0.3, 0.4) is 0 Å². The normalized spacial score (nSPS) is 16.3. The van der Waals surface area contributed by atoms with E-state index >= 15 is 0 Å². The van der Waals surface area contributed by atoms with Crippen molar-refractivity contribution in [3.63, 3.8) is 0 Å². The minimum Gasteiger partial charge on any atom is -0.360 e. The van der Waals surface area contributed by atoms with Crippen LogP contribution in [-0.4, -0.2) is 47.1 Å². The molecule has 3 nitrogen and oxygen atoms in total. The highest BCUT2D eigenvalue weighted by molar-refractivity contribution is 7.80. The van der Waals surface area contributed by atoms with Crippen molar-refractivity contribution in [3.8, 4) is 0 Å². The average Bonchev–Trinajstić information content (AvgIpc) is 2.42. The van der Waals surface area contributed by atoms with Gasteiger partial charge >= 0.3 is 0 Å². The Kier molecular flexibility index (Phi) is 5.79. The molecule has 1 fully saturated rings. The number of hydrogen-bond acceptors (Lipinski definition) is 2. The van der Waals surface area contributed by atoms with Crippen molar-refractivity contribution in [2.45, 2.75) is 26.4 Å². The molecule has 21 heavy (non-hydrogen) atoms. The fraction of sp³-hybridized carbons (Fsp3) is 0.533. The molecule has 1 aliphatic rings. The monoisotopic (exact) mass is 329 g/mol. The van der Waals surface area contributed by atoms with E-state index < -0.39 is 0 Å². The molecular weight excluding hydrogens is 309 g/mol. The summed E-state index contributed by atoms with van der Waals surface area (Å²) in [6, 6.07) is 4.94. The minimum absolute atomic E-state index is 0.293. The predicted molar refractivity (Wildman–Crippen MR) is 89.1 cm³/mol. The Labute approximate surface area is 136 Å². The maximum Gasteiger partial charge on any atom is 0.169 e. The van der Waals surface area contributed by atoms with E-state index in [4.69, 9.17) is 23.8 Å². The third-order valence-electron chi connectivity index (χ3n) is 3.48. The van der Waals surface area contributed by atoms with Crippen molar-refractivity contribution in [3.05, 3.63) is 34.6 Å². The molecule has 1 aromatic rings. The fourth-order valence-corrected chi connectivity index (χ4v) is 2.98. The van der Waals surface area contributed by atoms with Crippen LogP contribution in [0.25, 0.3) is 0 Å². The number of halogens is 2. The molecule has 1 N–H and O–H groups in total. The summed E-state index contributed by atoms with van der Waals surface area (Å²) in [4.78, 5) is 4.51. The summed E-state index contributed by atoms with van der Waals surface area (Å²) in [6.45, 7) is 8.56. The smallest absolute Gasteiger partial charge is 0.169 e. The van der Waals surface area contributed by atoms with Crippen LogP contribution in [0.2, 0.25) is 5.02 Å². The van der Waals surface area contributed by atoms with Crippen LogP contribution in [0.15, 0.2) is 18.2 Å². The Morgan fingerprint density at radius 3 is 2.57 bits per heavy atom. The Morgan fingerprint density at radius 2 is 2.00 bits per heavy atom. The van der Waals surface area contributed by atoms with E-state index in [2.05, 4.69) is 29.0 Å². The first-order valence-electron chi connectivity index (χ1n) is 7.17.